The lowest BCUT2D eigenvalue weighted by Gasteiger charge is -2.34. The van der Waals surface area contributed by atoms with E-state index in [-0.39, 0.29) is 42.8 Å². The van der Waals surface area contributed by atoms with Gasteiger partial charge in [-0.25, -0.2) is 4.68 Å². The van der Waals surface area contributed by atoms with E-state index in [9.17, 15) is 19.5 Å². The number of nitrogens with one attached hydrogen (secondary N) is 2. The molecule has 3 N–H and O–H groups in total. The predicted molar refractivity (Wildman–Crippen MR) is 141 cm³/mol. The van der Waals surface area contributed by atoms with Crippen LogP contribution >= 0.6 is 11.8 Å². The number of rotatable bonds is 9. The van der Waals surface area contributed by atoms with Gasteiger partial charge in [-0.2, -0.15) is 0 Å². The highest BCUT2D eigenvalue weighted by Gasteiger charge is 2.73. The van der Waals surface area contributed by atoms with Gasteiger partial charge in [0.1, 0.15) is 18.2 Å². The fourth-order valence-electron chi connectivity index (χ4n) is 6.42. The van der Waals surface area contributed by atoms with Crippen molar-refractivity contribution in [3.05, 3.63) is 60.2 Å². The third kappa shape index (κ3) is 4.04. The first-order chi connectivity index (χ1) is 18.5. The zero-order valence-electron chi connectivity index (χ0n) is 20.8. The summed E-state index contributed by atoms with van der Waals surface area (Å²) in [5.41, 5.74) is 2.52. The van der Waals surface area contributed by atoms with Crippen LogP contribution in [0.25, 0.3) is 11.0 Å². The molecule has 38 heavy (non-hydrogen) atoms. The van der Waals surface area contributed by atoms with E-state index in [4.69, 9.17) is 0 Å². The number of aliphatic hydroxyl groups is 1. The molecule has 2 unspecified atom stereocenters. The number of benzene rings is 2. The van der Waals surface area contributed by atoms with Crippen LogP contribution in [0.1, 0.15) is 24.8 Å². The SMILES string of the molecule is O=C(NCn1nnc2ccccc21)C1N(CCCO)C(=O)[C@@H]2[C@@H](C(=O)NCc3ccccc3)[C@H]3CCC12S3. The molecule has 11 heteroatoms. The van der Waals surface area contributed by atoms with Gasteiger partial charge in [-0.15, -0.1) is 16.9 Å². The summed E-state index contributed by atoms with van der Waals surface area (Å²) in [4.78, 5) is 42.6. The number of amides is 3. The number of hydrogen-bond donors (Lipinski definition) is 3. The molecule has 4 heterocycles. The largest absolute Gasteiger partial charge is 0.396 e. The minimum absolute atomic E-state index is 0.00530. The van der Waals surface area contributed by atoms with Gasteiger partial charge in [-0.1, -0.05) is 47.7 Å². The molecule has 0 saturated carbocycles. The minimum Gasteiger partial charge on any atom is -0.396 e. The van der Waals surface area contributed by atoms with Gasteiger partial charge in [-0.05, 0) is 37.0 Å². The molecule has 3 fully saturated rings. The monoisotopic (exact) mass is 534 g/mol. The lowest BCUT2D eigenvalue weighted by molar-refractivity contribution is -0.140. The molecule has 1 spiro atoms. The van der Waals surface area contributed by atoms with Crippen LogP contribution in [-0.4, -0.2) is 71.9 Å². The fourth-order valence-corrected chi connectivity index (χ4v) is 8.64. The van der Waals surface area contributed by atoms with Gasteiger partial charge >= 0.3 is 0 Å². The summed E-state index contributed by atoms with van der Waals surface area (Å²) >= 11 is 1.63. The van der Waals surface area contributed by atoms with E-state index in [1.54, 1.807) is 21.3 Å². The van der Waals surface area contributed by atoms with Gasteiger partial charge in [0.2, 0.25) is 17.7 Å². The molecule has 0 radical (unpaired) electrons. The highest BCUT2D eigenvalue weighted by atomic mass is 32.2. The highest BCUT2D eigenvalue weighted by molar-refractivity contribution is 8.02. The quantitative estimate of drug-likeness (QED) is 0.377. The van der Waals surface area contributed by atoms with Crippen LogP contribution in [-0.2, 0) is 27.6 Å². The summed E-state index contributed by atoms with van der Waals surface area (Å²) in [5.74, 6) is -1.62. The van der Waals surface area contributed by atoms with Gasteiger partial charge in [0.15, 0.2) is 0 Å². The van der Waals surface area contributed by atoms with Crippen LogP contribution in [0.2, 0.25) is 0 Å². The Morgan fingerprint density at radius 1 is 1.08 bits per heavy atom. The molecular formula is C27H30N6O4S. The maximum absolute atomic E-state index is 13.8. The Hall–Kier alpha value is -3.44. The maximum atomic E-state index is 13.8. The number of para-hydroxylation sites is 1. The molecule has 198 valence electrons. The first kappa shape index (κ1) is 24.9. The molecule has 3 amide bonds. The van der Waals surface area contributed by atoms with E-state index in [1.807, 2.05) is 54.6 Å². The van der Waals surface area contributed by atoms with Crippen LogP contribution in [0.4, 0.5) is 0 Å². The molecule has 2 aromatic carbocycles. The molecule has 3 aliphatic rings. The topological polar surface area (TPSA) is 129 Å². The second-order valence-corrected chi connectivity index (χ2v) is 11.7. The van der Waals surface area contributed by atoms with Crippen LogP contribution in [0.3, 0.4) is 0 Å². The number of aromatic nitrogens is 3. The molecule has 3 aliphatic heterocycles. The van der Waals surface area contributed by atoms with Crippen molar-refractivity contribution in [3.63, 3.8) is 0 Å². The van der Waals surface area contributed by atoms with Crippen molar-refractivity contribution in [2.45, 2.75) is 48.5 Å². The fraction of sp³-hybridized carbons (Fsp3) is 0.444. The Morgan fingerprint density at radius 2 is 1.87 bits per heavy atom. The highest BCUT2D eigenvalue weighted by Crippen LogP contribution is 2.66. The second kappa shape index (κ2) is 10.0. The Morgan fingerprint density at radius 3 is 2.68 bits per heavy atom. The van der Waals surface area contributed by atoms with Crippen molar-refractivity contribution in [3.8, 4) is 0 Å². The number of nitrogens with zero attached hydrogens (tertiary/aromatic N) is 4. The van der Waals surface area contributed by atoms with Crippen LogP contribution in [0.5, 0.6) is 0 Å². The van der Waals surface area contributed by atoms with Crippen LogP contribution in [0.15, 0.2) is 54.6 Å². The molecular weight excluding hydrogens is 504 g/mol. The van der Waals surface area contributed by atoms with Gasteiger partial charge < -0.3 is 20.6 Å². The number of likely N-dealkylation sites (tertiary alicyclic amines) is 1. The summed E-state index contributed by atoms with van der Waals surface area (Å²) < 4.78 is 0.955. The lowest BCUT2D eigenvalue weighted by Crippen LogP contribution is -2.54. The third-order valence-electron chi connectivity index (χ3n) is 8.04. The standard InChI is InChI=1S/C27H30N6O4S/c34-14-6-13-32-23(25(36)29-16-33-19-10-5-4-9-18(19)30-31-33)27-12-11-20(38-27)21(22(27)26(32)37)24(35)28-15-17-7-2-1-3-8-17/h1-5,7-10,20-23,34H,6,11-16H2,(H,28,35)(H,29,36)/t20-,21+,22+,23?,27?/m1/s1. The van der Waals surface area contributed by atoms with E-state index < -0.39 is 22.6 Å². The van der Waals surface area contributed by atoms with Gasteiger partial charge in [0.25, 0.3) is 0 Å². The molecule has 1 aromatic heterocycles. The number of carbonyl (C=O) groups is 3. The zero-order chi connectivity index (χ0) is 26.3. The predicted octanol–water partition coefficient (Wildman–Crippen LogP) is 1.29. The summed E-state index contributed by atoms with van der Waals surface area (Å²) in [6.45, 7) is 0.693. The van der Waals surface area contributed by atoms with E-state index in [0.717, 1.165) is 23.0 Å². The summed E-state index contributed by atoms with van der Waals surface area (Å²) in [6.07, 6.45) is 1.84. The molecule has 2 bridgehead atoms. The van der Waals surface area contributed by atoms with E-state index in [2.05, 4.69) is 20.9 Å². The Balaban J connectivity index is 1.23. The number of fused-ring (bicyclic) bond motifs is 2. The van der Waals surface area contributed by atoms with Crippen molar-refractivity contribution in [2.24, 2.45) is 11.8 Å². The number of carbonyl (C=O) groups excluding carboxylic acids is 3. The summed E-state index contributed by atoms with van der Waals surface area (Å²) in [5, 5.41) is 23.8. The number of thioether (sulfide) groups is 1. The summed E-state index contributed by atoms with van der Waals surface area (Å²) in [6, 6.07) is 16.5. The molecule has 0 aliphatic carbocycles. The maximum Gasteiger partial charge on any atom is 0.245 e. The second-order valence-electron chi connectivity index (χ2n) is 10.1. The van der Waals surface area contributed by atoms with E-state index in [0.29, 0.717) is 19.4 Å². The Labute approximate surface area is 224 Å². The van der Waals surface area contributed by atoms with E-state index in [1.165, 1.54) is 0 Å². The zero-order valence-corrected chi connectivity index (χ0v) is 21.6. The number of hydrogen-bond acceptors (Lipinski definition) is 7. The average Bonchev–Trinajstić information content (AvgIpc) is 3.69. The van der Waals surface area contributed by atoms with Crippen molar-refractivity contribution >= 4 is 40.5 Å². The van der Waals surface area contributed by atoms with Gasteiger partial charge in [-0.3, -0.25) is 14.4 Å². The summed E-state index contributed by atoms with van der Waals surface area (Å²) in [7, 11) is 0. The van der Waals surface area contributed by atoms with Crippen molar-refractivity contribution < 1.29 is 19.5 Å². The molecule has 3 saturated heterocycles. The van der Waals surface area contributed by atoms with Crippen molar-refractivity contribution in [2.75, 3.05) is 13.2 Å². The molecule has 3 aromatic rings. The first-order valence-corrected chi connectivity index (χ1v) is 13.9. The molecule has 5 atom stereocenters. The molecule has 10 nitrogen and oxygen atoms in total. The number of aliphatic hydroxyl groups excluding tert-OH is 1. The Kier molecular flexibility index (Phi) is 6.56. The lowest BCUT2D eigenvalue weighted by atomic mass is 9.70. The van der Waals surface area contributed by atoms with Gasteiger partial charge in [0, 0.05) is 24.9 Å². The third-order valence-corrected chi connectivity index (χ3v) is 9.99. The van der Waals surface area contributed by atoms with Crippen LogP contribution in [0, 0.1) is 11.8 Å². The van der Waals surface area contributed by atoms with Crippen LogP contribution < -0.4 is 10.6 Å². The van der Waals surface area contributed by atoms with Gasteiger partial charge in [0.05, 0.1) is 22.1 Å². The average molecular weight is 535 g/mol. The smallest absolute Gasteiger partial charge is 0.245 e. The normalized spacial score (nSPS) is 27.6. The van der Waals surface area contributed by atoms with E-state index >= 15 is 0 Å². The Bertz CT molecular complexity index is 1370. The van der Waals surface area contributed by atoms with Crippen molar-refractivity contribution in [1.82, 2.24) is 30.5 Å². The molecule has 6 rings (SSSR count). The minimum atomic E-state index is -0.719. The first-order valence-electron chi connectivity index (χ1n) is 13.0. The van der Waals surface area contributed by atoms with Crippen molar-refractivity contribution in [1.29, 1.82) is 0 Å².